The van der Waals surface area contributed by atoms with Crippen molar-refractivity contribution in [2.24, 2.45) is 11.8 Å². The van der Waals surface area contributed by atoms with Crippen LogP contribution in [-0.4, -0.2) is 29.0 Å². The first-order chi connectivity index (χ1) is 13.2. The third kappa shape index (κ3) is 4.11. The third-order valence-corrected chi connectivity index (χ3v) is 6.99. The van der Waals surface area contributed by atoms with Gasteiger partial charge in [0.15, 0.2) is 0 Å². The van der Waals surface area contributed by atoms with E-state index in [0.29, 0.717) is 23.6 Å². The Bertz CT molecular complexity index is 777. The van der Waals surface area contributed by atoms with E-state index < -0.39 is 0 Å². The smallest absolute Gasteiger partial charge is 0.261 e. The fraction of sp³-hybridized carbons (Fsp3) is 0.391. The molecule has 4 heteroatoms. The van der Waals surface area contributed by atoms with E-state index in [1.807, 2.05) is 23.9 Å². The number of fused-ring (bicyclic) bond motifs is 1. The van der Waals surface area contributed by atoms with Gasteiger partial charge in [-0.15, -0.1) is 0 Å². The van der Waals surface area contributed by atoms with Crippen LogP contribution in [0.15, 0.2) is 54.6 Å². The van der Waals surface area contributed by atoms with Crippen LogP contribution in [-0.2, 0) is 5.75 Å². The first-order valence-electron chi connectivity index (χ1n) is 9.79. The summed E-state index contributed by atoms with van der Waals surface area (Å²) >= 11 is 2.02. The molecule has 140 valence electrons. The topological polar surface area (TPSA) is 37.4 Å². The molecule has 0 unspecified atom stereocenters. The lowest BCUT2D eigenvalue weighted by Gasteiger charge is -2.30. The Labute approximate surface area is 165 Å². The van der Waals surface area contributed by atoms with E-state index in [0.717, 1.165) is 24.5 Å². The van der Waals surface area contributed by atoms with E-state index in [4.69, 9.17) is 0 Å². The fourth-order valence-corrected chi connectivity index (χ4v) is 5.37. The number of rotatable bonds is 6. The molecule has 0 bridgehead atoms. The van der Waals surface area contributed by atoms with Crippen LogP contribution in [0, 0.1) is 11.8 Å². The molecule has 2 amide bonds. The highest BCUT2D eigenvalue weighted by molar-refractivity contribution is 7.98. The SMILES string of the molecule is O=C1c2ccccc2C(=O)N1CC1CCC(CSCc2ccccc2)CC1. The molecule has 1 saturated carbocycles. The highest BCUT2D eigenvalue weighted by Crippen LogP contribution is 2.33. The first kappa shape index (κ1) is 18.3. The summed E-state index contributed by atoms with van der Waals surface area (Å²) in [6, 6.07) is 17.8. The minimum absolute atomic E-state index is 0.115. The van der Waals surface area contributed by atoms with Crippen molar-refractivity contribution in [3.63, 3.8) is 0 Å². The summed E-state index contributed by atoms with van der Waals surface area (Å²) < 4.78 is 0. The maximum absolute atomic E-state index is 12.5. The number of imide groups is 1. The van der Waals surface area contributed by atoms with Crippen LogP contribution in [0.25, 0.3) is 0 Å². The number of nitrogens with zero attached hydrogens (tertiary/aromatic N) is 1. The highest BCUT2D eigenvalue weighted by Gasteiger charge is 2.36. The number of amides is 2. The van der Waals surface area contributed by atoms with Gasteiger partial charge in [-0.3, -0.25) is 14.5 Å². The van der Waals surface area contributed by atoms with Crippen LogP contribution in [0.4, 0.5) is 0 Å². The lowest BCUT2D eigenvalue weighted by atomic mass is 9.82. The van der Waals surface area contributed by atoms with Crippen LogP contribution in [0.3, 0.4) is 0 Å². The van der Waals surface area contributed by atoms with Crippen molar-refractivity contribution in [3.05, 3.63) is 71.3 Å². The van der Waals surface area contributed by atoms with Crippen molar-refractivity contribution < 1.29 is 9.59 Å². The van der Waals surface area contributed by atoms with E-state index in [2.05, 4.69) is 30.3 Å². The second-order valence-electron chi connectivity index (χ2n) is 7.65. The van der Waals surface area contributed by atoms with Gasteiger partial charge in [-0.2, -0.15) is 11.8 Å². The largest absolute Gasteiger partial charge is 0.274 e. The van der Waals surface area contributed by atoms with Gasteiger partial charge >= 0.3 is 0 Å². The van der Waals surface area contributed by atoms with Gasteiger partial charge in [0.25, 0.3) is 11.8 Å². The Hall–Kier alpha value is -2.07. The molecule has 2 aromatic rings. The Morgan fingerprint density at radius 1 is 0.778 bits per heavy atom. The molecule has 1 fully saturated rings. The molecule has 1 heterocycles. The Balaban J connectivity index is 1.23. The normalized spacial score (nSPS) is 22.1. The quantitative estimate of drug-likeness (QED) is 0.661. The third-order valence-electron chi connectivity index (χ3n) is 5.75. The minimum Gasteiger partial charge on any atom is -0.274 e. The highest BCUT2D eigenvalue weighted by atomic mass is 32.2. The maximum atomic E-state index is 12.5. The van der Waals surface area contributed by atoms with Crippen molar-refractivity contribution in [3.8, 4) is 0 Å². The molecule has 4 rings (SSSR count). The average molecular weight is 380 g/mol. The molecule has 3 nitrogen and oxygen atoms in total. The predicted octanol–water partition coefficient (Wildman–Crippen LogP) is 5.02. The molecule has 0 spiro atoms. The summed E-state index contributed by atoms with van der Waals surface area (Å²) in [6.45, 7) is 0.580. The second-order valence-corrected chi connectivity index (χ2v) is 8.68. The Morgan fingerprint density at radius 3 is 1.96 bits per heavy atom. The Morgan fingerprint density at radius 2 is 1.33 bits per heavy atom. The Kier molecular flexibility index (Phi) is 5.63. The van der Waals surface area contributed by atoms with Crippen molar-refractivity contribution in [2.45, 2.75) is 31.4 Å². The molecule has 1 aliphatic carbocycles. The van der Waals surface area contributed by atoms with Crippen LogP contribution in [0.5, 0.6) is 0 Å². The van der Waals surface area contributed by atoms with Gasteiger partial charge in [0.05, 0.1) is 11.1 Å². The summed E-state index contributed by atoms with van der Waals surface area (Å²) in [5.41, 5.74) is 2.52. The summed E-state index contributed by atoms with van der Waals surface area (Å²) in [4.78, 5) is 26.5. The van der Waals surface area contributed by atoms with Gasteiger partial charge in [0.2, 0.25) is 0 Å². The number of thioether (sulfide) groups is 1. The van der Waals surface area contributed by atoms with Gasteiger partial charge in [-0.1, -0.05) is 42.5 Å². The van der Waals surface area contributed by atoms with E-state index in [1.165, 1.54) is 29.1 Å². The lowest BCUT2D eigenvalue weighted by molar-refractivity contribution is 0.0612. The number of benzene rings is 2. The minimum atomic E-state index is -0.115. The molecule has 2 aromatic carbocycles. The monoisotopic (exact) mass is 379 g/mol. The molecule has 1 aliphatic heterocycles. The van der Waals surface area contributed by atoms with Gasteiger partial charge in [0, 0.05) is 12.3 Å². The molecular weight excluding hydrogens is 354 g/mol. The summed E-state index contributed by atoms with van der Waals surface area (Å²) in [6.07, 6.45) is 4.64. The van der Waals surface area contributed by atoms with Crippen molar-refractivity contribution in [2.75, 3.05) is 12.3 Å². The number of carbonyl (C=O) groups is 2. The second kappa shape index (κ2) is 8.30. The first-order valence-corrected chi connectivity index (χ1v) is 10.9. The zero-order chi connectivity index (χ0) is 18.6. The molecule has 0 atom stereocenters. The average Bonchev–Trinajstić information content (AvgIpc) is 2.95. The van der Waals surface area contributed by atoms with Crippen LogP contribution in [0.2, 0.25) is 0 Å². The van der Waals surface area contributed by atoms with Crippen LogP contribution >= 0.6 is 11.8 Å². The molecular formula is C23H25NO2S. The number of hydrogen-bond acceptors (Lipinski definition) is 3. The van der Waals surface area contributed by atoms with Crippen LogP contribution in [0.1, 0.15) is 52.0 Å². The lowest BCUT2D eigenvalue weighted by Crippen LogP contribution is -2.36. The van der Waals surface area contributed by atoms with E-state index in [-0.39, 0.29) is 11.8 Å². The number of hydrogen-bond donors (Lipinski definition) is 0. The van der Waals surface area contributed by atoms with Crippen LogP contribution < -0.4 is 0 Å². The van der Waals surface area contributed by atoms with Gasteiger partial charge in [0.1, 0.15) is 0 Å². The summed E-state index contributed by atoms with van der Waals surface area (Å²) in [5, 5.41) is 0. The maximum Gasteiger partial charge on any atom is 0.261 e. The fourth-order valence-electron chi connectivity index (χ4n) is 4.16. The zero-order valence-electron chi connectivity index (χ0n) is 15.5. The van der Waals surface area contributed by atoms with Gasteiger partial charge in [-0.25, -0.2) is 0 Å². The van der Waals surface area contributed by atoms with Gasteiger partial charge < -0.3 is 0 Å². The van der Waals surface area contributed by atoms with E-state index >= 15 is 0 Å². The molecule has 0 radical (unpaired) electrons. The molecule has 0 N–H and O–H groups in total. The summed E-state index contributed by atoms with van der Waals surface area (Å²) in [5.74, 6) is 3.26. The zero-order valence-corrected chi connectivity index (χ0v) is 16.3. The van der Waals surface area contributed by atoms with E-state index in [1.54, 1.807) is 12.1 Å². The van der Waals surface area contributed by atoms with Crippen molar-refractivity contribution >= 4 is 23.6 Å². The number of carbonyl (C=O) groups excluding carboxylic acids is 2. The molecule has 27 heavy (non-hydrogen) atoms. The predicted molar refractivity (Wildman–Crippen MR) is 110 cm³/mol. The van der Waals surface area contributed by atoms with Crippen molar-refractivity contribution in [1.82, 2.24) is 4.90 Å². The molecule has 0 aromatic heterocycles. The van der Waals surface area contributed by atoms with Gasteiger partial charge in [-0.05, 0) is 61.0 Å². The molecule has 2 aliphatic rings. The van der Waals surface area contributed by atoms with E-state index in [9.17, 15) is 9.59 Å². The van der Waals surface area contributed by atoms with Crippen molar-refractivity contribution in [1.29, 1.82) is 0 Å². The summed E-state index contributed by atoms with van der Waals surface area (Å²) in [7, 11) is 0. The molecule has 0 saturated heterocycles. The standard InChI is InChI=1S/C23H25NO2S/c25-22-20-8-4-5-9-21(20)23(26)24(22)14-17-10-12-19(13-11-17)16-27-15-18-6-2-1-3-7-18/h1-9,17,19H,10-16H2.